The van der Waals surface area contributed by atoms with Gasteiger partial charge in [0, 0.05) is 37.5 Å². The summed E-state index contributed by atoms with van der Waals surface area (Å²) in [6.45, 7) is -2.87. The number of aryl methyl sites for hydroxylation is 1. The number of fused-ring (bicyclic) bond motifs is 1. The lowest BCUT2D eigenvalue weighted by Crippen LogP contribution is -2.03. The first-order valence-corrected chi connectivity index (χ1v) is 10.0. The monoisotopic (exact) mass is 448 g/mol. The lowest BCUT2D eigenvalue weighted by Gasteiger charge is -2.08. The molecule has 11 heteroatoms. The maximum Gasteiger partial charge on any atom is 0.387 e. The number of rotatable bonds is 7. The third kappa shape index (κ3) is 4.47. The number of hydrogen-bond acceptors (Lipinski definition) is 7. The van der Waals surface area contributed by atoms with Crippen LogP contribution in [0.25, 0.3) is 16.9 Å². The average molecular weight is 448 g/mol. The zero-order chi connectivity index (χ0) is 22.8. The molecule has 1 N–H and O–H groups in total. The Kier molecular flexibility index (Phi) is 5.35. The highest BCUT2D eigenvalue weighted by Crippen LogP contribution is 2.22. The molecule has 0 aliphatic carbocycles. The van der Waals surface area contributed by atoms with E-state index in [2.05, 4.69) is 35.3 Å². The molecular weight excluding hydrogens is 430 g/mol. The Balaban J connectivity index is 1.39. The van der Waals surface area contributed by atoms with Gasteiger partial charge in [0.25, 0.3) is 0 Å². The third-order valence-electron chi connectivity index (χ3n) is 4.98. The maximum atomic E-state index is 12.5. The first kappa shape index (κ1) is 20.5. The van der Waals surface area contributed by atoms with E-state index in [1.54, 1.807) is 29.2 Å². The number of nitrogens with one attached hydrogen (secondary N) is 1. The van der Waals surface area contributed by atoms with Crippen LogP contribution in [-0.2, 0) is 13.5 Å². The van der Waals surface area contributed by atoms with Gasteiger partial charge in [-0.2, -0.15) is 13.9 Å². The van der Waals surface area contributed by atoms with Crippen molar-refractivity contribution in [2.75, 3.05) is 5.32 Å². The van der Waals surface area contributed by atoms with Gasteiger partial charge in [-0.15, -0.1) is 10.2 Å². The molecule has 0 aliphatic heterocycles. The summed E-state index contributed by atoms with van der Waals surface area (Å²) in [6.07, 6.45) is 5.63. The van der Waals surface area contributed by atoms with Crippen LogP contribution in [0.15, 0.2) is 67.1 Å². The number of ether oxygens (including phenoxy) is 1. The van der Waals surface area contributed by atoms with Gasteiger partial charge in [-0.25, -0.2) is 9.97 Å². The molecule has 0 saturated heterocycles. The Morgan fingerprint density at radius 1 is 1.06 bits per heavy atom. The molecular formula is C22H18F2N8O. The van der Waals surface area contributed by atoms with E-state index in [1.807, 2.05) is 48.0 Å². The second-order valence-corrected chi connectivity index (χ2v) is 7.19. The summed E-state index contributed by atoms with van der Waals surface area (Å²) in [4.78, 5) is 8.84. The number of nitrogens with zero attached hydrogens (tertiary/aromatic N) is 7. The minimum atomic E-state index is -2.87. The van der Waals surface area contributed by atoms with E-state index in [-0.39, 0.29) is 5.75 Å². The lowest BCUT2D eigenvalue weighted by molar-refractivity contribution is -0.0498. The second kappa shape index (κ2) is 8.61. The Hall–Kier alpha value is -4.41. The molecule has 0 radical (unpaired) electrons. The van der Waals surface area contributed by atoms with Crippen LogP contribution >= 0.6 is 0 Å². The van der Waals surface area contributed by atoms with Gasteiger partial charge in [0.2, 0.25) is 5.95 Å². The molecule has 4 heterocycles. The van der Waals surface area contributed by atoms with E-state index in [0.29, 0.717) is 23.8 Å². The van der Waals surface area contributed by atoms with Crippen LogP contribution in [0.1, 0.15) is 11.4 Å². The fourth-order valence-corrected chi connectivity index (χ4v) is 3.43. The minimum Gasteiger partial charge on any atom is -0.435 e. The Labute approximate surface area is 186 Å². The molecule has 5 rings (SSSR count). The van der Waals surface area contributed by atoms with Crippen molar-refractivity contribution in [1.29, 1.82) is 0 Å². The van der Waals surface area contributed by atoms with Gasteiger partial charge in [0.05, 0.1) is 11.9 Å². The fraction of sp³-hybridized carbons (Fsp3) is 0.136. The van der Waals surface area contributed by atoms with E-state index in [9.17, 15) is 8.78 Å². The number of anilines is 2. The van der Waals surface area contributed by atoms with Crippen molar-refractivity contribution in [2.24, 2.45) is 7.05 Å². The molecule has 0 amide bonds. The van der Waals surface area contributed by atoms with Crippen LogP contribution in [0.5, 0.6) is 5.75 Å². The van der Waals surface area contributed by atoms with Crippen LogP contribution in [0.2, 0.25) is 0 Å². The lowest BCUT2D eigenvalue weighted by atomic mass is 10.1. The Bertz CT molecular complexity index is 1410. The number of benzene rings is 1. The largest absolute Gasteiger partial charge is 0.435 e. The van der Waals surface area contributed by atoms with Gasteiger partial charge >= 0.3 is 6.61 Å². The molecule has 0 aliphatic rings. The average Bonchev–Trinajstić information content (AvgIpc) is 3.39. The molecule has 0 bridgehead atoms. The van der Waals surface area contributed by atoms with Gasteiger partial charge in [0.15, 0.2) is 5.65 Å². The van der Waals surface area contributed by atoms with Crippen molar-refractivity contribution < 1.29 is 13.5 Å². The van der Waals surface area contributed by atoms with Gasteiger partial charge in [-0.05, 0) is 35.9 Å². The molecule has 33 heavy (non-hydrogen) atoms. The maximum absolute atomic E-state index is 12.5. The van der Waals surface area contributed by atoms with E-state index < -0.39 is 6.61 Å². The minimum absolute atomic E-state index is 0.109. The van der Waals surface area contributed by atoms with E-state index >= 15 is 0 Å². The highest BCUT2D eigenvalue weighted by atomic mass is 19.3. The third-order valence-corrected chi connectivity index (χ3v) is 4.98. The number of aromatic nitrogens is 7. The first-order valence-electron chi connectivity index (χ1n) is 10.0. The number of hydrogen-bond donors (Lipinski definition) is 1. The van der Waals surface area contributed by atoms with Gasteiger partial charge < -0.3 is 10.1 Å². The summed E-state index contributed by atoms with van der Waals surface area (Å²) < 4.78 is 33.0. The second-order valence-electron chi connectivity index (χ2n) is 7.19. The van der Waals surface area contributed by atoms with E-state index in [4.69, 9.17) is 0 Å². The standard InChI is InChI=1S/C22H18F2N8O/c1-31-18(6-9-26-31)28-22-25-8-5-17(27-22)15-7-10-32-19(29-30-20(32)13-15)12-14-3-2-4-16(11-14)33-21(23)24/h2-11,13,21H,12H2,1H3,(H,25,27,28). The molecule has 5 aromatic rings. The normalized spacial score (nSPS) is 11.3. The van der Waals surface area contributed by atoms with Gasteiger partial charge in [0.1, 0.15) is 17.4 Å². The fourth-order valence-electron chi connectivity index (χ4n) is 3.43. The summed E-state index contributed by atoms with van der Waals surface area (Å²) in [5.74, 6) is 2.00. The van der Waals surface area contributed by atoms with Crippen LogP contribution in [0, 0.1) is 0 Å². The SMILES string of the molecule is Cn1nccc1Nc1nccc(-c2ccn3c(Cc4cccc(OC(F)F)c4)nnc3c2)n1. The quantitative estimate of drug-likeness (QED) is 0.404. The molecule has 0 fully saturated rings. The number of halogens is 2. The molecule has 166 valence electrons. The molecule has 0 unspecified atom stereocenters. The number of pyridine rings is 1. The van der Waals surface area contributed by atoms with Gasteiger partial charge in [-0.3, -0.25) is 9.08 Å². The summed E-state index contributed by atoms with van der Waals surface area (Å²) >= 11 is 0. The number of alkyl halides is 2. The van der Waals surface area contributed by atoms with Crippen molar-refractivity contribution in [3.63, 3.8) is 0 Å². The van der Waals surface area contributed by atoms with Crippen molar-refractivity contribution in [3.8, 4) is 17.0 Å². The summed E-state index contributed by atoms with van der Waals surface area (Å²) in [7, 11) is 1.82. The molecule has 9 nitrogen and oxygen atoms in total. The van der Waals surface area contributed by atoms with E-state index in [1.165, 1.54) is 6.07 Å². The van der Waals surface area contributed by atoms with Crippen molar-refractivity contribution >= 4 is 17.4 Å². The molecule has 0 atom stereocenters. The molecule has 0 saturated carbocycles. The predicted molar refractivity (Wildman–Crippen MR) is 116 cm³/mol. The highest BCUT2D eigenvalue weighted by molar-refractivity contribution is 5.65. The van der Waals surface area contributed by atoms with E-state index in [0.717, 1.165) is 22.6 Å². The first-order chi connectivity index (χ1) is 16.0. The highest BCUT2D eigenvalue weighted by Gasteiger charge is 2.11. The van der Waals surface area contributed by atoms with Crippen molar-refractivity contribution in [2.45, 2.75) is 13.0 Å². The summed E-state index contributed by atoms with van der Waals surface area (Å²) in [5, 5.41) is 15.8. The summed E-state index contributed by atoms with van der Waals surface area (Å²) in [5.41, 5.74) is 3.00. The zero-order valence-corrected chi connectivity index (χ0v) is 17.4. The predicted octanol–water partition coefficient (Wildman–Crippen LogP) is 3.86. The van der Waals surface area contributed by atoms with Crippen LogP contribution in [0.4, 0.5) is 20.5 Å². The van der Waals surface area contributed by atoms with Crippen LogP contribution in [-0.4, -0.2) is 41.0 Å². The Morgan fingerprint density at radius 2 is 1.97 bits per heavy atom. The Morgan fingerprint density at radius 3 is 2.79 bits per heavy atom. The van der Waals surface area contributed by atoms with Crippen LogP contribution in [0.3, 0.4) is 0 Å². The topological polar surface area (TPSA) is 95.1 Å². The van der Waals surface area contributed by atoms with Crippen LogP contribution < -0.4 is 10.1 Å². The van der Waals surface area contributed by atoms with Gasteiger partial charge in [-0.1, -0.05) is 12.1 Å². The smallest absolute Gasteiger partial charge is 0.387 e. The molecule has 0 spiro atoms. The summed E-state index contributed by atoms with van der Waals surface area (Å²) in [6, 6.07) is 14.0. The molecule has 4 aromatic heterocycles. The van der Waals surface area contributed by atoms with Crippen molar-refractivity contribution in [1.82, 2.24) is 34.3 Å². The zero-order valence-electron chi connectivity index (χ0n) is 17.4. The molecule has 1 aromatic carbocycles. The van der Waals surface area contributed by atoms with Crippen molar-refractivity contribution in [3.05, 3.63) is 78.5 Å².